The second-order valence-corrected chi connectivity index (χ2v) is 42.0. The van der Waals surface area contributed by atoms with Gasteiger partial charge >= 0.3 is 0 Å². The second kappa shape index (κ2) is 78.0. The van der Waals surface area contributed by atoms with Crippen LogP contribution in [0.3, 0.4) is 0 Å². The third-order valence-electron chi connectivity index (χ3n) is 17.9. The summed E-state index contributed by atoms with van der Waals surface area (Å²) in [5.74, 6) is 3.03. The normalized spacial score (nSPS) is 13.1. The van der Waals surface area contributed by atoms with Crippen LogP contribution >= 0.6 is 11.6 Å². The van der Waals surface area contributed by atoms with Gasteiger partial charge in [-0.1, -0.05) is 144 Å². The molecule has 7 rings (SSSR count). The Labute approximate surface area is 823 Å². The van der Waals surface area contributed by atoms with Crippen molar-refractivity contribution in [2.45, 2.75) is 451 Å². The summed E-state index contributed by atoms with van der Waals surface area (Å²) in [4.78, 5) is 144. The van der Waals surface area contributed by atoms with Gasteiger partial charge in [0.1, 0.15) is 5.82 Å². The van der Waals surface area contributed by atoms with Crippen LogP contribution in [0.4, 0.5) is 4.39 Å². The fourth-order valence-corrected chi connectivity index (χ4v) is 11.5. The van der Waals surface area contributed by atoms with Gasteiger partial charge in [0.05, 0.1) is 0 Å². The molecule has 3 aromatic carbocycles. The Balaban J connectivity index is -0.000000335. The summed E-state index contributed by atoms with van der Waals surface area (Å²) < 4.78 is 12.5. The number of hydrogen-bond acceptors (Lipinski definition) is 13. The molecule has 13 N–H and O–H groups in total. The Bertz CT molecular complexity index is 3610. The van der Waals surface area contributed by atoms with Crippen LogP contribution in [0.25, 0.3) is 0 Å². The summed E-state index contributed by atoms with van der Waals surface area (Å²) in [7, 11) is 0. The largest absolute Gasteiger partial charge is 0.354 e. The molecule has 4 aliphatic carbocycles. The Morgan fingerprint density at radius 2 is 0.593 bits per heavy atom. The van der Waals surface area contributed by atoms with Crippen molar-refractivity contribution >= 4 is 88.4 Å². The van der Waals surface area contributed by atoms with Gasteiger partial charge in [-0.2, -0.15) is 0 Å². The maximum Gasteiger partial charge on any atom is 0.251 e. The molecule has 0 bridgehead atoms. The van der Waals surface area contributed by atoms with Gasteiger partial charge in [0.2, 0.25) is 59.1 Å². The minimum atomic E-state index is -0.332. The van der Waals surface area contributed by atoms with Crippen molar-refractivity contribution in [1.82, 2.24) is 69.1 Å². The lowest BCUT2D eigenvalue weighted by Gasteiger charge is -2.25. The number of carbonyl (C=O) groups excluding carboxylic acids is 13. The van der Waals surface area contributed by atoms with E-state index in [1.54, 1.807) is 36.4 Å². The molecule has 4 aliphatic rings. The number of benzene rings is 3. The van der Waals surface area contributed by atoms with Crippen LogP contribution < -0.4 is 69.1 Å². The van der Waals surface area contributed by atoms with E-state index in [9.17, 15) is 66.7 Å². The number of carbonyl (C=O) groups is 13. The Morgan fingerprint density at radius 3 is 0.815 bits per heavy atom. The number of halogens is 2. The van der Waals surface area contributed by atoms with Gasteiger partial charge in [-0.3, -0.25) is 62.3 Å². The zero-order chi connectivity index (χ0) is 106. The van der Waals surface area contributed by atoms with Gasteiger partial charge in [0.15, 0.2) is 0 Å². The van der Waals surface area contributed by atoms with Crippen molar-refractivity contribution in [3.05, 3.63) is 106 Å². The molecule has 0 spiro atoms. The smallest absolute Gasteiger partial charge is 0.251 e. The summed E-state index contributed by atoms with van der Waals surface area (Å²) in [6.07, 6.45) is 18.1. The first-order valence-corrected chi connectivity index (χ1v) is 50.0. The van der Waals surface area contributed by atoms with Crippen LogP contribution in [0, 0.1) is 52.2 Å². The molecule has 0 radical (unpaired) electrons. The van der Waals surface area contributed by atoms with E-state index in [0.717, 1.165) is 51.4 Å². The summed E-state index contributed by atoms with van der Waals surface area (Å²) >= 11 is 5.69. The van der Waals surface area contributed by atoms with E-state index in [2.05, 4.69) is 89.9 Å². The molecule has 0 heterocycles. The van der Waals surface area contributed by atoms with Gasteiger partial charge < -0.3 is 69.1 Å². The highest BCUT2D eigenvalue weighted by Crippen LogP contribution is 2.29. The van der Waals surface area contributed by atoms with Crippen LogP contribution in [-0.4, -0.2) is 155 Å². The lowest BCUT2D eigenvalue weighted by molar-refractivity contribution is -0.129. The molecule has 0 unspecified atom stereocenters. The molecule has 0 aromatic heterocycles. The van der Waals surface area contributed by atoms with E-state index in [1.807, 2.05) is 254 Å². The lowest BCUT2D eigenvalue weighted by atomic mass is 9.85. The van der Waals surface area contributed by atoms with E-state index in [0.29, 0.717) is 94.7 Å². The van der Waals surface area contributed by atoms with Gasteiger partial charge in [-0.25, -0.2) is 4.39 Å². The van der Waals surface area contributed by atoms with Gasteiger partial charge in [0, 0.05) is 161 Å². The average Bonchev–Trinajstić information content (AvgIpc) is 1.71. The van der Waals surface area contributed by atoms with Crippen molar-refractivity contribution in [1.29, 1.82) is 0 Å². The lowest BCUT2D eigenvalue weighted by Crippen LogP contribution is -2.38. The maximum absolute atomic E-state index is 12.5. The second-order valence-electron chi connectivity index (χ2n) is 41.5. The van der Waals surface area contributed by atoms with Crippen LogP contribution in [0.5, 0.6) is 0 Å². The highest BCUT2D eigenvalue weighted by atomic mass is 35.5. The topological polar surface area (TPSA) is 378 Å². The molecule has 0 atom stereocenters. The summed E-state index contributed by atoms with van der Waals surface area (Å²) in [5.41, 5.74) is 1.67. The molecular formula is C107H193ClFN13O13. The van der Waals surface area contributed by atoms with Crippen molar-refractivity contribution in [2.75, 3.05) is 0 Å². The monoisotopic (exact) mass is 1920 g/mol. The van der Waals surface area contributed by atoms with Crippen LogP contribution in [-0.2, 0) is 47.9 Å². The SMILES string of the molecule is CC(=O)NC(C)C.CC(C)CC(=O)NC(C)C.CC(C)NC(=O)C(C)(C)C.CC(C)NC(=O)C(C)C.CC(C)NC(=O)C1CC1.CC(C)NC(=O)C1CCC1.CC(C)NC(=O)C1CCCC1.CC(C)NC(=O)C1CCCCC1.CC(C)NC(=O)CC(C)(C)C.CC(C)NC(=O)c1ccc(Cl)cc1.CC(C)NC(=O)c1ccc(F)cc1.CC(C)NC(=O)c1ccccc1.CCC(=O)NC(C)C. The summed E-state index contributed by atoms with van der Waals surface area (Å²) in [5, 5.41) is 37.4. The fraction of sp³-hybridized carbons (Fsp3) is 0.710. The molecule has 3 aromatic rings. The summed E-state index contributed by atoms with van der Waals surface area (Å²) in [6.45, 7) is 74.1. The van der Waals surface area contributed by atoms with Crippen molar-refractivity contribution in [3.8, 4) is 0 Å². The zero-order valence-corrected chi connectivity index (χ0v) is 91.8. The molecule has 0 aliphatic heterocycles. The van der Waals surface area contributed by atoms with E-state index in [-0.39, 0.29) is 154 Å². The third kappa shape index (κ3) is 91.2. The first-order valence-electron chi connectivity index (χ1n) is 49.6. The standard InChI is InChI=1S/C10H12ClNO.C10H12FNO.C10H19NO.C10H13NO.C9H17NO.C9H19NO.C8H15NO.2C8H17NO.C7H13NO.C7H15NO.C6H13NO.C5H11NO/c2*1-7(2)12-10(13)8-3-5-9(11)6-4-8;2*1-8(2)11-10(12)9-6-4-3-5-7-9;1-7(2)10-9(11)8-5-3-4-6-8;1-7(2)10-8(11)6-9(3,4)5;1-6(2)9-8(10)7-4-3-5-7;1-6(2)9-7(10)8(3,4)5;1-6(2)5-8(10)9-7(3)4;1-5(2)8-7(9)6-3-4-6;1-5(2)7(9)8-6(3)4;1-4-6(8)7-5(2)3;1-4(2)6-5(3)7/h2*3-7H,1-2H3,(H,12,13);8-9H,3-7H2,1-2H3,(H,11,12);3-8H,1-2H3,(H,11,12);7-8H,3-6H2,1-2H3,(H,10,11);7H,6H2,1-5H3,(H,10,11);6-7H,3-5H2,1-2H3,(H,9,10);6H,1-5H3,(H,9,10);6-7H,5H2,1-4H3,(H,9,10);5-6H,3-4H2,1-2H3,(H,8,9);5-6H,1-4H3,(H,8,9);5H,4H2,1-3H3,(H,7,8);4H,1-3H3,(H,6,7). The number of rotatable bonds is 25. The van der Waals surface area contributed by atoms with E-state index >= 15 is 0 Å². The summed E-state index contributed by atoms with van der Waals surface area (Å²) in [6, 6.07) is 24.7. The molecule has 28 heteroatoms. The quantitative estimate of drug-likeness (QED) is 0.0376. The molecule has 13 amide bonds. The van der Waals surface area contributed by atoms with E-state index < -0.39 is 0 Å². The van der Waals surface area contributed by atoms with Gasteiger partial charge in [-0.15, -0.1) is 0 Å². The maximum atomic E-state index is 12.5. The predicted molar refractivity (Wildman–Crippen MR) is 557 cm³/mol. The number of amides is 13. The molecule has 26 nitrogen and oxygen atoms in total. The molecule has 4 saturated carbocycles. The van der Waals surface area contributed by atoms with Crippen LogP contribution in [0.2, 0.25) is 5.02 Å². The minimum Gasteiger partial charge on any atom is -0.354 e. The zero-order valence-electron chi connectivity index (χ0n) is 91.1. The van der Waals surface area contributed by atoms with Crippen LogP contribution in [0.1, 0.15) is 403 Å². The molecule has 0 saturated heterocycles. The van der Waals surface area contributed by atoms with Gasteiger partial charge in [-0.05, 0) is 303 Å². The van der Waals surface area contributed by atoms with E-state index in [4.69, 9.17) is 11.6 Å². The average molecular weight is 1920 g/mol. The highest BCUT2D eigenvalue weighted by Gasteiger charge is 2.30. The van der Waals surface area contributed by atoms with E-state index in [1.165, 1.54) is 69.7 Å². The Hall–Kier alpha value is -9.01. The van der Waals surface area contributed by atoms with Crippen molar-refractivity contribution in [2.24, 2.45) is 46.3 Å². The highest BCUT2D eigenvalue weighted by molar-refractivity contribution is 6.30. The van der Waals surface area contributed by atoms with Gasteiger partial charge in [0.25, 0.3) is 17.7 Å². The molecule has 4 fully saturated rings. The molecular weight excluding hydrogens is 1730 g/mol. The first-order chi connectivity index (χ1) is 62.2. The first kappa shape index (κ1) is 137. The predicted octanol–water partition coefficient (Wildman–Crippen LogP) is 20.0. The van der Waals surface area contributed by atoms with Crippen molar-refractivity contribution in [3.63, 3.8) is 0 Å². The number of nitrogens with one attached hydrogen (secondary N) is 13. The molecule has 135 heavy (non-hydrogen) atoms. The molecule has 778 valence electrons. The minimum absolute atomic E-state index is 0.00870. The van der Waals surface area contributed by atoms with Crippen LogP contribution in [0.15, 0.2) is 78.9 Å². The third-order valence-corrected chi connectivity index (χ3v) is 18.1. The van der Waals surface area contributed by atoms with Crippen molar-refractivity contribution < 1.29 is 66.7 Å². The number of hydrogen-bond donors (Lipinski definition) is 13. The Morgan fingerprint density at radius 1 is 0.319 bits per heavy atom. The Kier molecular flexibility index (Phi) is 79.0. The fourth-order valence-electron chi connectivity index (χ4n) is 11.4.